The minimum atomic E-state index is -0.323. The summed E-state index contributed by atoms with van der Waals surface area (Å²) in [6.45, 7) is 10.0. The molecule has 0 aliphatic rings. The van der Waals surface area contributed by atoms with E-state index in [0.717, 1.165) is 16.8 Å². The number of aromatic amines is 1. The van der Waals surface area contributed by atoms with Gasteiger partial charge in [0.05, 0.1) is 11.8 Å². The van der Waals surface area contributed by atoms with Crippen molar-refractivity contribution in [1.82, 2.24) is 20.5 Å². The Labute approximate surface area is 192 Å². The molecule has 0 fully saturated rings. The SMILES string of the molecule is Cc1cc(C)c(NC(=O)CSc2n[nH]c(C(NC(=O)c3ccccc3)C(C)C)n2)c(C)c1. The molecule has 8 heteroatoms. The fraction of sp³-hybridized carbons (Fsp3) is 0.333. The predicted molar refractivity (Wildman–Crippen MR) is 128 cm³/mol. The van der Waals surface area contributed by atoms with E-state index in [1.54, 1.807) is 12.1 Å². The topological polar surface area (TPSA) is 99.8 Å². The summed E-state index contributed by atoms with van der Waals surface area (Å²) in [5.74, 6) is 0.571. The number of rotatable bonds is 8. The van der Waals surface area contributed by atoms with Gasteiger partial charge in [-0.05, 0) is 49.9 Å². The number of amides is 2. The van der Waals surface area contributed by atoms with Gasteiger partial charge in [-0.15, -0.1) is 5.10 Å². The fourth-order valence-electron chi connectivity index (χ4n) is 3.51. The summed E-state index contributed by atoms with van der Waals surface area (Å²) < 4.78 is 0. The third-order valence-electron chi connectivity index (χ3n) is 5.04. The molecule has 3 N–H and O–H groups in total. The van der Waals surface area contributed by atoms with Crippen molar-refractivity contribution in [1.29, 1.82) is 0 Å². The van der Waals surface area contributed by atoms with Crippen LogP contribution in [0.15, 0.2) is 47.6 Å². The van der Waals surface area contributed by atoms with E-state index in [4.69, 9.17) is 0 Å². The van der Waals surface area contributed by atoms with Gasteiger partial charge < -0.3 is 10.6 Å². The minimum Gasteiger partial charge on any atom is -0.342 e. The zero-order valence-corrected chi connectivity index (χ0v) is 19.8. The predicted octanol–water partition coefficient (Wildman–Crippen LogP) is 4.59. The maximum Gasteiger partial charge on any atom is 0.251 e. The normalized spacial score (nSPS) is 11.9. The standard InChI is InChI=1S/C24H29N5O2S/c1-14(2)20(26-23(31)18-9-7-6-8-10-18)22-27-24(29-28-22)32-13-19(30)25-21-16(4)11-15(3)12-17(21)5/h6-12,14,20H,13H2,1-5H3,(H,25,30)(H,26,31)(H,27,28,29). The molecule has 2 amide bonds. The second-order valence-corrected chi connectivity index (χ2v) is 9.12. The van der Waals surface area contributed by atoms with Crippen molar-refractivity contribution >= 4 is 29.3 Å². The van der Waals surface area contributed by atoms with Crippen LogP contribution in [0.1, 0.15) is 52.8 Å². The lowest BCUT2D eigenvalue weighted by Crippen LogP contribution is -2.32. The van der Waals surface area contributed by atoms with Crippen LogP contribution in [-0.4, -0.2) is 32.7 Å². The maximum absolute atomic E-state index is 12.6. The molecule has 0 saturated carbocycles. The third kappa shape index (κ3) is 5.97. The molecule has 0 radical (unpaired) electrons. The number of thioether (sulfide) groups is 1. The molecule has 7 nitrogen and oxygen atoms in total. The summed E-state index contributed by atoms with van der Waals surface area (Å²) in [6, 6.07) is 12.8. The van der Waals surface area contributed by atoms with Crippen molar-refractivity contribution in [2.45, 2.75) is 45.8 Å². The summed E-state index contributed by atoms with van der Waals surface area (Å²) in [5, 5.41) is 13.6. The van der Waals surface area contributed by atoms with E-state index in [1.165, 1.54) is 17.3 Å². The van der Waals surface area contributed by atoms with Gasteiger partial charge in [0.25, 0.3) is 5.91 Å². The molecule has 3 rings (SSSR count). The van der Waals surface area contributed by atoms with Crippen LogP contribution in [0.5, 0.6) is 0 Å². The highest BCUT2D eigenvalue weighted by Gasteiger charge is 2.23. The zero-order chi connectivity index (χ0) is 23.3. The monoisotopic (exact) mass is 451 g/mol. The highest BCUT2D eigenvalue weighted by molar-refractivity contribution is 7.99. The number of hydrogen-bond donors (Lipinski definition) is 3. The first-order chi connectivity index (χ1) is 15.2. The number of H-pyrrole nitrogens is 1. The molecule has 0 bridgehead atoms. The van der Waals surface area contributed by atoms with Crippen molar-refractivity contribution < 1.29 is 9.59 Å². The highest BCUT2D eigenvalue weighted by atomic mass is 32.2. The van der Waals surface area contributed by atoms with Gasteiger partial charge in [0, 0.05) is 11.3 Å². The van der Waals surface area contributed by atoms with Crippen molar-refractivity contribution in [2.24, 2.45) is 5.92 Å². The van der Waals surface area contributed by atoms with E-state index < -0.39 is 0 Å². The lowest BCUT2D eigenvalue weighted by Gasteiger charge is -2.19. The molecule has 1 unspecified atom stereocenters. The summed E-state index contributed by atoms with van der Waals surface area (Å²) in [7, 11) is 0. The van der Waals surface area contributed by atoms with E-state index in [0.29, 0.717) is 16.5 Å². The van der Waals surface area contributed by atoms with Crippen LogP contribution < -0.4 is 10.6 Å². The number of aromatic nitrogens is 3. The number of carbonyl (C=O) groups excluding carboxylic acids is 2. The molecule has 1 aromatic heterocycles. The zero-order valence-electron chi connectivity index (χ0n) is 19.0. The number of benzene rings is 2. The van der Waals surface area contributed by atoms with Crippen molar-refractivity contribution in [3.63, 3.8) is 0 Å². The van der Waals surface area contributed by atoms with Crippen LogP contribution in [0.25, 0.3) is 0 Å². The van der Waals surface area contributed by atoms with E-state index in [9.17, 15) is 9.59 Å². The second-order valence-electron chi connectivity index (χ2n) is 8.17. The largest absolute Gasteiger partial charge is 0.342 e. The maximum atomic E-state index is 12.6. The summed E-state index contributed by atoms with van der Waals surface area (Å²) in [5.41, 5.74) is 4.68. The van der Waals surface area contributed by atoms with Crippen LogP contribution in [-0.2, 0) is 4.79 Å². The van der Waals surface area contributed by atoms with E-state index in [1.807, 2.05) is 65.0 Å². The lowest BCUT2D eigenvalue weighted by atomic mass is 10.0. The molecule has 168 valence electrons. The Morgan fingerprint density at radius 1 is 1.06 bits per heavy atom. The highest BCUT2D eigenvalue weighted by Crippen LogP contribution is 2.24. The smallest absolute Gasteiger partial charge is 0.251 e. The summed E-state index contributed by atoms with van der Waals surface area (Å²) in [4.78, 5) is 29.6. The first kappa shape index (κ1) is 23.5. The van der Waals surface area contributed by atoms with Gasteiger partial charge in [0.1, 0.15) is 5.82 Å². The molecule has 0 aliphatic heterocycles. The molecular weight excluding hydrogens is 422 g/mol. The molecule has 1 heterocycles. The van der Waals surface area contributed by atoms with Crippen LogP contribution in [0.4, 0.5) is 5.69 Å². The number of nitrogens with one attached hydrogen (secondary N) is 3. The van der Waals surface area contributed by atoms with Gasteiger partial charge in [0.15, 0.2) is 0 Å². The van der Waals surface area contributed by atoms with Crippen LogP contribution >= 0.6 is 11.8 Å². The summed E-state index contributed by atoms with van der Waals surface area (Å²) in [6.07, 6.45) is 0. The van der Waals surface area contributed by atoms with E-state index in [2.05, 4.69) is 25.8 Å². The number of aryl methyl sites for hydroxylation is 3. The Morgan fingerprint density at radius 3 is 2.34 bits per heavy atom. The average Bonchev–Trinajstić information content (AvgIpc) is 3.22. The Bertz CT molecular complexity index is 1070. The Hall–Kier alpha value is -3.13. The first-order valence-electron chi connectivity index (χ1n) is 10.5. The lowest BCUT2D eigenvalue weighted by molar-refractivity contribution is -0.113. The number of anilines is 1. The quantitative estimate of drug-likeness (QED) is 0.435. The van der Waals surface area contributed by atoms with Gasteiger partial charge in [-0.1, -0.05) is 61.5 Å². The van der Waals surface area contributed by atoms with Crippen molar-refractivity contribution in [3.8, 4) is 0 Å². The van der Waals surface area contributed by atoms with E-state index >= 15 is 0 Å². The number of hydrogen-bond acceptors (Lipinski definition) is 5. The van der Waals surface area contributed by atoms with Gasteiger partial charge >= 0.3 is 0 Å². The van der Waals surface area contributed by atoms with Crippen LogP contribution in [0.2, 0.25) is 0 Å². The molecule has 0 saturated heterocycles. The minimum absolute atomic E-state index is 0.101. The van der Waals surface area contributed by atoms with E-state index in [-0.39, 0.29) is 29.5 Å². The number of carbonyl (C=O) groups is 2. The molecule has 0 aliphatic carbocycles. The Kier molecular flexibility index (Phi) is 7.69. The molecule has 1 atom stereocenters. The molecular formula is C24H29N5O2S. The third-order valence-corrected chi connectivity index (χ3v) is 5.89. The first-order valence-corrected chi connectivity index (χ1v) is 11.5. The molecule has 2 aromatic carbocycles. The van der Waals surface area contributed by atoms with Crippen LogP contribution in [0, 0.1) is 26.7 Å². The van der Waals surface area contributed by atoms with Crippen LogP contribution in [0.3, 0.4) is 0 Å². The second kappa shape index (κ2) is 10.5. The van der Waals surface area contributed by atoms with Gasteiger partial charge in [-0.25, -0.2) is 4.98 Å². The van der Waals surface area contributed by atoms with Crippen molar-refractivity contribution in [2.75, 3.05) is 11.1 Å². The Morgan fingerprint density at radius 2 is 1.72 bits per heavy atom. The molecule has 3 aromatic rings. The molecule has 0 spiro atoms. The van der Waals surface area contributed by atoms with Gasteiger partial charge in [-0.2, -0.15) is 0 Å². The average molecular weight is 452 g/mol. The number of nitrogens with zero attached hydrogens (tertiary/aromatic N) is 2. The van der Waals surface area contributed by atoms with Crippen molar-refractivity contribution in [3.05, 3.63) is 70.5 Å². The fourth-order valence-corrected chi connectivity index (χ4v) is 4.11. The van der Waals surface area contributed by atoms with Gasteiger partial charge in [-0.3, -0.25) is 14.7 Å². The molecule has 32 heavy (non-hydrogen) atoms. The van der Waals surface area contributed by atoms with Gasteiger partial charge in [0.2, 0.25) is 11.1 Å². The Balaban J connectivity index is 1.61. The summed E-state index contributed by atoms with van der Waals surface area (Å²) >= 11 is 1.25.